The summed E-state index contributed by atoms with van der Waals surface area (Å²) in [5.41, 5.74) is 5.68. The lowest BCUT2D eigenvalue weighted by Gasteiger charge is -2.21. The topological polar surface area (TPSA) is 18.5 Å². The Morgan fingerprint density at radius 3 is 1.77 bits per heavy atom. The van der Waals surface area contributed by atoms with Crippen molar-refractivity contribution < 1.29 is 9.05 Å². The fraction of sp³-hybridized carbons (Fsp3) is 0.0909. The lowest BCUT2D eigenvalue weighted by atomic mass is 9.88. The van der Waals surface area contributed by atoms with E-state index in [9.17, 15) is 0 Å². The molecule has 2 atom stereocenters. The molecule has 0 amide bonds. The van der Waals surface area contributed by atoms with Crippen LogP contribution in [-0.2, 0) is 0 Å². The summed E-state index contributed by atoms with van der Waals surface area (Å²) in [5, 5.41) is 0. The molecule has 2 aromatic carbocycles. The van der Waals surface area contributed by atoms with E-state index in [-0.39, 0.29) is 0 Å². The highest BCUT2D eigenvalue weighted by atomic mass is 31.1. The number of hydrogen-bond acceptors (Lipinski definition) is 2. The minimum atomic E-state index is 0.369. The normalized spacial score (nSPS) is 10.5. The predicted molar refractivity (Wildman–Crippen MR) is 122 cm³/mol. The van der Waals surface area contributed by atoms with Gasteiger partial charge in [0.15, 0.2) is 0 Å². The van der Waals surface area contributed by atoms with Gasteiger partial charge in [0, 0.05) is 11.1 Å². The van der Waals surface area contributed by atoms with E-state index in [0.29, 0.717) is 14.6 Å². The first-order valence-electron chi connectivity index (χ1n) is 8.27. The minimum absolute atomic E-state index is 0.369. The fourth-order valence-electron chi connectivity index (χ4n) is 2.88. The maximum atomic E-state index is 6.08. The second-order valence-corrected chi connectivity index (χ2v) is 6.85. The van der Waals surface area contributed by atoms with Crippen molar-refractivity contribution in [3.63, 3.8) is 0 Å². The van der Waals surface area contributed by atoms with Crippen LogP contribution < -0.4 is 9.05 Å². The van der Waals surface area contributed by atoms with Gasteiger partial charge in [-0.1, -0.05) is 69.7 Å². The SMILES string of the molecule is C=Cc1ccc(OP)c(-c2c(OPCC)ccc(C=C)c2C=C)c1C=C. The molecule has 2 rings (SSSR count). The van der Waals surface area contributed by atoms with Gasteiger partial charge in [-0.05, 0) is 40.5 Å². The standard InChI is InChI=1S/C22H24O2P2/c1-6-15-11-13-19(23-25)21(17(15)8-3)22-18(9-4)16(7-2)12-14-20(22)24-26-10-5/h6-9,11-14,26H,1-4,10,25H2,5H3. The van der Waals surface area contributed by atoms with Crippen molar-refractivity contribution in [2.75, 3.05) is 6.16 Å². The van der Waals surface area contributed by atoms with Crippen LogP contribution in [-0.4, -0.2) is 6.16 Å². The molecular formula is C22H24O2P2. The summed E-state index contributed by atoms with van der Waals surface area (Å²) in [5.74, 6) is 1.50. The second-order valence-electron chi connectivity index (χ2n) is 5.42. The van der Waals surface area contributed by atoms with Crippen molar-refractivity contribution in [2.45, 2.75) is 6.92 Å². The van der Waals surface area contributed by atoms with Gasteiger partial charge in [-0.15, -0.1) is 0 Å². The molecule has 2 unspecified atom stereocenters. The van der Waals surface area contributed by atoms with E-state index in [4.69, 9.17) is 9.05 Å². The molecule has 0 N–H and O–H groups in total. The van der Waals surface area contributed by atoms with Crippen molar-refractivity contribution in [2.24, 2.45) is 0 Å². The van der Waals surface area contributed by atoms with Gasteiger partial charge in [-0.2, -0.15) is 0 Å². The Morgan fingerprint density at radius 2 is 1.35 bits per heavy atom. The fourth-order valence-corrected chi connectivity index (χ4v) is 3.54. The average Bonchev–Trinajstić information content (AvgIpc) is 2.69. The molecule has 0 radical (unpaired) electrons. The highest BCUT2D eigenvalue weighted by Crippen LogP contribution is 2.46. The van der Waals surface area contributed by atoms with Gasteiger partial charge in [-0.3, -0.25) is 0 Å². The van der Waals surface area contributed by atoms with Gasteiger partial charge in [0.1, 0.15) is 11.5 Å². The summed E-state index contributed by atoms with van der Waals surface area (Å²) in [6.07, 6.45) is 8.22. The Labute approximate surface area is 160 Å². The van der Waals surface area contributed by atoms with Gasteiger partial charge in [0.25, 0.3) is 0 Å². The van der Waals surface area contributed by atoms with Gasteiger partial charge in [-0.25, -0.2) is 0 Å². The zero-order chi connectivity index (χ0) is 19.1. The molecule has 0 aliphatic heterocycles. The second kappa shape index (κ2) is 9.53. The van der Waals surface area contributed by atoms with E-state index in [1.54, 1.807) is 0 Å². The molecule has 0 spiro atoms. The van der Waals surface area contributed by atoms with Crippen LogP contribution in [0.5, 0.6) is 11.5 Å². The summed E-state index contributed by atoms with van der Waals surface area (Å²) in [6, 6.07) is 7.86. The van der Waals surface area contributed by atoms with Crippen molar-refractivity contribution in [1.82, 2.24) is 0 Å². The molecule has 4 heteroatoms. The molecule has 26 heavy (non-hydrogen) atoms. The van der Waals surface area contributed by atoms with Crippen LogP contribution in [0.15, 0.2) is 50.6 Å². The Hall–Kier alpha value is -2.14. The van der Waals surface area contributed by atoms with Crippen molar-refractivity contribution >= 4 is 42.6 Å². The first-order chi connectivity index (χ1) is 12.7. The maximum absolute atomic E-state index is 6.08. The van der Waals surface area contributed by atoms with Crippen molar-refractivity contribution in [3.05, 3.63) is 72.8 Å². The molecule has 0 bridgehead atoms. The largest absolute Gasteiger partial charge is 0.480 e. The molecule has 0 fully saturated rings. The monoisotopic (exact) mass is 382 g/mol. The van der Waals surface area contributed by atoms with Crippen LogP contribution >= 0.6 is 18.3 Å². The lowest BCUT2D eigenvalue weighted by Crippen LogP contribution is -1.97. The molecule has 0 aliphatic rings. The van der Waals surface area contributed by atoms with E-state index >= 15 is 0 Å². The van der Waals surface area contributed by atoms with E-state index < -0.39 is 0 Å². The van der Waals surface area contributed by atoms with Crippen LogP contribution in [0.1, 0.15) is 29.2 Å². The summed E-state index contributed by atoms with van der Waals surface area (Å²) >= 11 is 0. The van der Waals surface area contributed by atoms with Gasteiger partial charge in [0.2, 0.25) is 0 Å². The summed E-state index contributed by atoms with van der Waals surface area (Å²) in [4.78, 5) is 0. The number of hydrogen-bond donors (Lipinski definition) is 0. The zero-order valence-corrected chi connectivity index (χ0v) is 17.2. The molecule has 0 saturated carbocycles. The van der Waals surface area contributed by atoms with E-state index in [1.807, 2.05) is 48.6 Å². The van der Waals surface area contributed by atoms with Crippen LogP contribution in [0.3, 0.4) is 0 Å². The summed E-state index contributed by atoms with van der Waals surface area (Å²) in [6.45, 7) is 17.9. The Morgan fingerprint density at radius 1 is 0.846 bits per heavy atom. The first-order valence-corrected chi connectivity index (χ1v) is 9.85. The number of rotatable bonds is 9. The van der Waals surface area contributed by atoms with E-state index in [0.717, 1.165) is 45.3 Å². The Kier molecular flexibility index (Phi) is 7.39. The number of benzene rings is 2. The van der Waals surface area contributed by atoms with Crippen LogP contribution in [0.4, 0.5) is 0 Å². The minimum Gasteiger partial charge on any atom is -0.480 e. The molecule has 0 heterocycles. The smallest absolute Gasteiger partial charge is 0.131 e. The third kappa shape index (κ3) is 3.83. The third-order valence-electron chi connectivity index (χ3n) is 4.03. The molecular weight excluding hydrogens is 358 g/mol. The molecule has 2 aromatic rings. The molecule has 2 nitrogen and oxygen atoms in total. The molecule has 0 aromatic heterocycles. The van der Waals surface area contributed by atoms with Crippen molar-refractivity contribution in [1.29, 1.82) is 0 Å². The van der Waals surface area contributed by atoms with Gasteiger partial charge >= 0.3 is 0 Å². The Balaban J connectivity index is 2.97. The average molecular weight is 382 g/mol. The first kappa shape index (κ1) is 20.2. The maximum Gasteiger partial charge on any atom is 0.131 e. The predicted octanol–water partition coefficient (Wildman–Crippen LogP) is 7.09. The summed E-state index contributed by atoms with van der Waals surface area (Å²) < 4.78 is 11.7. The van der Waals surface area contributed by atoms with E-state index in [1.165, 1.54) is 0 Å². The van der Waals surface area contributed by atoms with E-state index in [2.05, 4.69) is 42.7 Å². The quantitative estimate of drug-likeness (QED) is 0.431. The van der Waals surface area contributed by atoms with Crippen molar-refractivity contribution in [3.8, 4) is 22.6 Å². The molecule has 0 aliphatic carbocycles. The molecule has 134 valence electrons. The van der Waals surface area contributed by atoms with Crippen LogP contribution in [0, 0.1) is 0 Å². The lowest BCUT2D eigenvalue weighted by molar-refractivity contribution is 0.628. The zero-order valence-electron chi connectivity index (χ0n) is 15.0. The molecule has 0 saturated heterocycles. The van der Waals surface area contributed by atoms with Gasteiger partial charge in [0.05, 0.1) is 18.3 Å². The highest BCUT2D eigenvalue weighted by molar-refractivity contribution is 7.32. The summed E-state index contributed by atoms with van der Waals surface area (Å²) in [7, 11) is 2.69. The Bertz CT molecular complexity index is 854. The van der Waals surface area contributed by atoms with Crippen LogP contribution in [0.25, 0.3) is 35.4 Å². The highest BCUT2D eigenvalue weighted by Gasteiger charge is 2.21. The van der Waals surface area contributed by atoms with Crippen LogP contribution in [0.2, 0.25) is 0 Å². The van der Waals surface area contributed by atoms with Gasteiger partial charge < -0.3 is 9.05 Å². The third-order valence-corrected chi connectivity index (χ3v) is 4.94.